The summed E-state index contributed by atoms with van der Waals surface area (Å²) in [5.74, 6) is 2.01. The van der Waals surface area contributed by atoms with Crippen LogP contribution in [0.5, 0.6) is 0 Å². The molecule has 0 radical (unpaired) electrons. The Morgan fingerprint density at radius 1 is 1.27 bits per heavy atom. The molecule has 3 heteroatoms. The van der Waals surface area contributed by atoms with Gasteiger partial charge in [-0.25, -0.2) is 4.98 Å². The van der Waals surface area contributed by atoms with E-state index in [-0.39, 0.29) is 6.61 Å². The minimum atomic E-state index is -0.0897. The van der Waals surface area contributed by atoms with E-state index in [1.165, 1.54) is 38.5 Å². The van der Waals surface area contributed by atoms with E-state index in [0.29, 0.717) is 11.8 Å². The van der Waals surface area contributed by atoms with Gasteiger partial charge in [-0.15, -0.1) is 0 Å². The van der Waals surface area contributed by atoms with Gasteiger partial charge in [-0.2, -0.15) is 0 Å². The van der Waals surface area contributed by atoms with E-state index in [4.69, 9.17) is 9.52 Å². The molecule has 0 aromatic carbocycles. The van der Waals surface area contributed by atoms with Crippen molar-refractivity contribution in [2.24, 2.45) is 0 Å². The van der Waals surface area contributed by atoms with Crippen LogP contribution in [0.15, 0.2) is 4.42 Å². The molecule has 0 saturated heterocycles. The van der Waals surface area contributed by atoms with Gasteiger partial charge in [-0.1, -0.05) is 25.7 Å². The van der Waals surface area contributed by atoms with Gasteiger partial charge in [0, 0.05) is 5.92 Å². The highest BCUT2D eigenvalue weighted by Gasteiger charge is 2.21. The lowest BCUT2D eigenvalue weighted by molar-refractivity contribution is 0.233. The largest absolute Gasteiger partial charge is 0.443 e. The van der Waals surface area contributed by atoms with E-state index < -0.39 is 0 Å². The van der Waals surface area contributed by atoms with Crippen LogP contribution in [0.3, 0.4) is 0 Å². The maximum atomic E-state index is 8.97. The normalized spacial score (nSPS) is 19.1. The zero-order valence-corrected chi connectivity index (χ0v) is 9.33. The number of hydrogen-bond donors (Lipinski definition) is 1. The molecule has 2 rings (SSSR count). The molecule has 1 heterocycles. The lowest BCUT2D eigenvalue weighted by Crippen LogP contribution is -1.97. The third-order valence-corrected chi connectivity index (χ3v) is 3.24. The number of oxazole rings is 1. The third kappa shape index (κ3) is 2.40. The summed E-state index contributed by atoms with van der Waals surface area (Å²) >= 11 is 0. The molecule has 0 aliphatic heterocycles. The highest BCUT2D eigenvalue weighted by atomic mass is 16.4. The standard InChI is InChI=1S/C12H19NO2/c1-9-12(15-11(8-14)13-9)10-6-4-2-3-5-7-10/h10,14H,2-8H2,1H3. The number of nitrogens with zero attached hydrogens (tertiary/aromatic N) is 1. The van der Waals surface area contributed by atoms with Gasteiger partial charge >= 0.3 is 0 Å². The lowest BCUT2D eigenvalue weighted by Gasteiger charge is -2.10. The van der Waals surface area contributed by atoms with E-state index in [9.17, 15) is 0 Å². The van der Waals surface area contributed by atoms with Crippen molar-refractivity contribution in [1.82, 2.24) is 4.98 Å². The van der Waals surface area contributed by atoms with Gasteiger partial charge in [-0.3, -0.25) is 0 Å². The molecule has 0 unspecified atom stereocenters. The number of aryl methyl sites for hydroxylation is 1. The Bertz CT molecular complexity index is 311. The first-order chi connectivity index (χ1) is 7.31. The van der Waals surface area contributed by atoms with E-state index >= 15 is 0 Å². The molecule has 1 aromatic rings. The molecule has 0 bridgehead atoms. The van der Waals surface area contributed by atoms with Crippen molar-refractivity contribution in [2.45, 2.75) is 58.0 Å². The van der Waals surface area contributed by atoms with Gasteiger partial charge in [0.15, 0.2) is 0 Å². The monoisotopic (exact) mass is 209 g/mol. The predicted octanol–water partition coefficient (Wildman–Crippen LogP) is 2.91. The molecule has 0 atom stereocenters. The second-order valence-electron chi connectivity index (χ2n) is 4.40. The summed E-state index contributed by atoms with van der Waals surface area (Å²) in [5, 5.41) is 8.97. The molecule has 1 saturated carbocycles. The molecule has 1 fully saturated rings. The molecule has 0 spiro atoms. The van der Waals surface area contributed by atoms with Gasteiger partial charge in [0.1, 0.15) is 12.4 Å². The zero-order valence-electron chi connectivity index (χ0n) is 9.33. The fraction of sp³-hybridized carbons (Fsp3) is 0.750. The SMILES string of the molecule is Cc1nc(CO)oc1C1CCCCCC1. The van der Waals surface area contributed by atoms with Crippen molar-refractivity contribution in [1.29, 1.82) is 0 Å². The van der Waals surface area contributed by atoms with Gasteiger partial charge in [0.2, 0.25) is 5.89 Å². The highest BCUT2D eigenvalue weighted by Crippen LogP contribution is 2.33. The van der Waals surface area contributed by atoms with Crippen molar-refractivity contribution in [3.05, 3.63) is 17.3 Å². The van der Waals surface area contributed by atoms with Crippen molar-refractivity contribution in [3.63, 3.8) is 0 Å². The molecular formula is C12H19NO2. The van der Waals surface area contributed by atoms with Crippen LogP contribution in [0.25, 0.3) is 0 Å². The summed E-state index contributed by atoms with van der Waals surface area (Å²) in [6.07, 6.45) is 7.69. The summed E-state index contributed by atoms with van der Waals surface area (Å²) in [6.45, 7) is 1.89. The minimum Gasteiger partial charge on any atom is -0.443 e. The maximum absolute atomic E-state index is 8.97. The highest BCUT2D eigenvalue weighted by molar-refractivity contribution is 5.13. The summed E-state index contributed by atoms with van der Waals surface area (Å²) < 4.78 is 5.60. The average Bonchev–Trinajstić information content (AvgIpc) is 2.48. The molecule has 1 aliphatic rings. The summed E-state index contributed by atoms with van der Waals surface area (Å²) in [6, 6.07) is 0. The maximum Gasteiger partial charge on any atom is 0.220 e. The fourth-order valence-corrected chi connectivity index (χ4v) is 2.45. The van der Waals surface area contributed by atoms with Crippen LogP contribution in [0.1, 0.15) is 61.8 Å². The lowest BCUT2D eigenvalue weighted by atomic mass is 9.96. The molecule has 3 nitrogen and oxygen atoms in total. The molecule has 0 amide bonds. The number of rotatable bonds is 2. The van der Waals surface area contributed by atoms with Crippen molar-refractivity contribution in [2.75, 3.05) is 0 Å². The summed E-state index contributed by atoms with van der Waals surface area (Å²) in [5.41, 5.74) is 0.964. The molecular weight excluding hydrogens is 190 g/mol. The molecule has 15 heavy (non-hydrogen) atoms. The smallest absolute Gasteiger partial charge is 0.220 e. The first-order valence-electron chi connectivity index (χ1n) is 5.88. The second kappa shape index (κ2) is 4.79. The second-order valence-corrected chi connectivity index (χ2v) is 4.40. The zero-order chi connectivity index (χ0) is 10.7. The first kappa shape index (κ1) is 10.7. The summed E-state index contributed by atoms with van der Waals surface area (Å²) in [4.78, 5) is 4.22. The molecule has 84 valence electrons. The Kier molecular flexibility index (Phi) is 3.41. The summed E-state index contributed by atoms with van der Waals surface area (Å²) in [7, 11) is 0. The number of aliphatic hydroxyl groups excluding tert-OH is 1. The van der Waals surface area contributed by atoms with Gasteiger partial charge in [0.25, 0.3) is 0 Å². The topological polar surface area (TPSA) is 46.3 Å². The van der Waals surface area contributed by atoms with E-state index in [0.717, 1.165) is 11.5 Å². The Hall–Kier alpha value is -0.830. The molecule has 1 aliphatic carbocycles. The van der Waals surface area contributed by atoms with Crippen molar-refractivity contribution in [3.8, 4) is 0 Å². The van der Waals surface area contributed by atoms with Crippen LogP contribution in [-0.2, 0) is 6.61 Å². The van der Waals surface area contributed by atoms with E-state index in [1.54, 1.807) is 0 Å². The van der Waals surface area contributed by atoms with Gasteiger partial charge in [0.05, 0.1) is 5.69 Å². The minimum absolute atomic E-state index is 0.0897. The Balaban J connectivity index is 2.15. The van der Waals surface area contributed by atoms with Gasteiger partial charge < -0.3 is 9.52 Å². The van der Waals surface area contributed by atoms with Crippen LogP contribution in [0, 0.1) is 6.92 Å². The third-order valence-electron chi connectivity index (χ3n) is 3.24. The Morgan fingerprint density at radius 3 is 2.47 bits per heavy atom. The van der Waals surface area contributed by atoms with Crippen LogP contribution in [-0.4, -0.2) is 10.1 Å². The van der Waals surface area contributed by atoms with Crippen LogP contribution < -0.4 is 0 Å². The first-order valence-corrected chi connectivity index (χ1v) is 5.88. The Morgan fingerprint density at radius 2 is 1.93 bits per heavy atom. The van der Waals surface area contributed by atoms with Crippen molar-refractivity contribution < 1.29 is 9.52 Å². The number of hydrogen-bond acceptors (Lipinski definition) is 3. The molecule has 1 aromatic heterocycles. The number of aliphatic hydroxyl groups is 1. The van der Waals surface area contributed by atoms with Gasteiger partial charge in [-0.05, 0) is 19.8 Å². The number of aromatic nitrogens is 1. The Labute approximate surface area is 90.5 Å². The quantitative estimate of drug-likeness (QED) is 0.762. The van der Waals surface area contributed by atoms with Crippen molar-refractivity contribution >= 4 is 0 Å². The van der Waals surface area contributed by atoms with E-state index in [1.807, 2.05) is 6.92 Å². The fourth-order valence-electron chi connectivity index (χ4n) is 2.45. The van der Waals surface area contributed by atoms with Crippen LogP contribution in [0.2, 0.25) is 0 Å². The van der Waals surface area contributed by atoms with Crippen LogP contribution in [0.4, 0.5) is 0 Å². The van der Waals surface area contributed by atoms with Crippen LogP contribution >= 0.6 is 0 Å². The predicted molar refractivity (Wildman–Crippen MR) is 57.6 cm³/mol. The molecule has 1 N–H and O–H groups in total. The average molecular weight is 209 g/mol. The van der Waals surface area contributed by atoms with E-state index in [2.05, 4.69) is 4.98 Å².